The molecular weight excluding hydrogens is 291 g/mol. The Labute approximate surface area is 118 Å². The maximum Gasteiger partial charge on any atom is 0.422 e. The number of halogens is 3. The monoisotopic (exact) mass is 307 g/mol. The zero-order valence-corrected chi connectivity index (χ0v) is 12.2. The molecule has 0 saturated heterocycles. The third-order valence-electron chi connectivity index (χ3n) is 2.08. The van der Waals surface area contributed by atoms with Gasteiger partial charge in [0, 0.05) is 6.21 Å². The maximum atomic E-state index is 12.0. The molecule has 0 aliphatic rings. The third kappa shape index (κ3) is 6.18. The Morgan fingerprint density at radius 2 is 1.95 bits per heavy atom. The number of alkyl halides is 3. The predicted octanol–water partition coefficient (Wildman–Crippen LogP) is 3.51. The van der Waals surface area contributed by atoms with E-state index in [0.717, 1.165) is 0 Å². The van der Waals surface area contributed by atoms with Gasteiger partial charge in [0.15, 0.2) is 6.61 Å². The summed E-state index contributed by atoms with van der Waals surface area (Å²) in [7, 11) is -1.41. The van der Waals surface area contributed by atoms with Crippen LogP contribution in [-0.4, -0.2) is 28.0 Å². The molecule has 0 aliphatic heterocycles. The molecule has 0 spiro atoms. The minimum atomic E-state index is -4.38. The molecule has 0 N–H and O–H groups in total. The molecule has 0 aromatic heterocycles. The Kier molecular flexibility index (Phi) is 5.33. The Balaban J connectivity index is 2.74. The van der Waals surface area contributed by atoms with Gasteiger partial charge in [-0.1, -0.05) is 12.1 Å². The summed E-state index contributed by atoms with van der Waals surface area (Å²) in [5.74, 6) is 0.0906. The first-order chi connectivity index (χ1) is 9.08. The smallest absolute Gasteiger partial charge is 0.422 e. The van der Waals surface area contributed by atoms with Gasteiger partial charge in [-0.3, -0.25) is 0 Å². The van der Waals surface area contributed by atoms with Crippen LogP contribution in [0.3, 0.4) is 0 Å². The van der Waals surface area contributed by atoms with Crippen LogP contribution in [0, 0.1) is 0 Å². The average Bonchev–Trinajstić information content (AvgIpc) is 2.32. The summed E-state index contributed by atoms with van der Waals surface area (Å²) in [6.45, 7) is 4.00. The van der Waals surface area contributed by atoms with E-state index in [4.69, 9.17) is 0 Å². The number of hydrogen-bond acceptors (Lipinski definition) is 2. The van der Waals surface area contributed by atoms with Crippen LogP contribution < -0.4 is 4.74 Å². The van der Waals surface area contributed by atoms with Crippen LogP contribution >= 0.6 is 0 Å². The van der Waals surface area contributed by atoms with Crippen LogP contribution in [0.5, 0.6) is 5.75 Å². The van der Waals surface area contributed by atoms with E-state index in [0.29, 0.717) is 5.56 Å². The molecule has 0 bridgehead atoms. The highest BCUT2D eigenvalue weighted by atomic mass is 32.2. The van der Waals surface area contributed by atoms with E-state index < -0.39 is 28.5 Å². The summed E-state index contributed by atoms with van der Waals surface area (Å²) in [6.07, 6.45) is -3.01. The second-order valence-corrected chi connectivity index (χ2v) is 7.01. The lowest BCUT2D eigenvalue weighted by molar-refractivity contribution is -0.153. The maximum absolute atomic E-state index is 12.0. The molecule has 0 saturated carbocycles. The molecule has 1 rings (SSSR count). The molecule has 20 heavy (non-hydrogen) atoms. The van der Waals surface area contributed by atoms with Crippen LogP contribution in [0.2, 0.25) is 0 Å². The first kappa shape index (κ1) is 16.7. The van der Waals surface area contributed by atoms with Gasteiger partial charge >= 0.3 is 6.18 Å². The normalized spacial score (nSPS) is 14.5. The second-order valence-electron chi connectivity index (χ2n) is 5.07. The average molecular weight is 307 g/mol. The minimum absolute atomic E-state index is 0.0906. The molecule has 7 heteroatoms. The van der Waals surface area contributed by atoms with Crippen molar-refractivity contribution in [3.8, 4) is 5.75 Å². The molecule has 0 heterocycles. The van der Waals surface area contributed by atoms with E-state index in [1.807, 2.05) is 0 Å². The Bertz CT molecular complexity index is 507. The van der Waals surface area contributed by atoms with Crippen LogP contribution in [-0.2, 0) is 11.0 Å². The molecule has 3 nitrogen and oxygen atoms in total. The largest absolute Gasteiger partial charge is 0.484 e. The Hall–Kier alpha value is -1.37. The predicted molar refractivity (Wildman–Crippen MR) is 73.5 cm³/mol. The molecule has 0 unspecified atom stereocenters. The molecular formula is C13H16F3NO2S. The minimum Gasteiger partial charge on any atom is -0.484 e. The zero-order valence-electron chi connectivity index (χ0n) is 11.4. The summed E-state index contributed by atoms with van der Waals surface area (Å²) in [5, 5.41) is 0. The lowest BCUT2D eigenvalue weighted by Crippen LogP contribution is -2.19. The fourth-order valence-electron chi connectivity index (χ4n) is 1.12. The molecule has 0 aliphatic carbocycles. The van der Waals surface area contributed by atoms with Crippen molar-refractivity contribution in [3.63, 3.8) is 0 Å². The number of nitrogens with zero attached hydrogens (tertiary/aromatic N) is 1. The SMILES string of the molecule is CC(C)(C)[S@](=O)/N=C/c1cccc(OCC(F)(F)F)c1. The van der Waals surface area contributed by atoms with Crippen molar-refractivity contribution in [2.75, 3.05) is 6.61 Å². The molecule has 0 amide bonds. The number of hydrogen-bond donors (Lipinski definition) is 0. The Morgan fingerprint density at radius 1 is 1.30 bits per heavy atom. The van der Waals surface area contributed by atoms with Crippen molar-refractivity contribution < 1.29 is 22.1 Å². The molecule has 112 valence electrons. The summed E-state index contributed by atoms with van der Waals surface area (Å²) >= 11 is 0. The summed E-state index contributed by atoms with van der Waals surface area (Å²) in [6, 6.07) is 6.02. The van der Waals surface area contributed by atoms with Crippen molar-refractivity contribution >= 4 is 17.2 Å². The number of ether oxygens (including phenoxy) is 1. The van der Waals surface area contributed by atoms with Gasteiger partial charge in [-0.15, -0.1) is 0 Å². The first-order valence-corrected chi connectivity index (χ1v) is 6.94. The van der Waals surface area contributed by atoms with Crippen LogP contribution in [0.25, 0.3) is 0 Å². The fraction of sp³-hybridized carbons (Fsp3) is 0.462. The summed E-state index contributed by atoms with van der Waals surface area (Å²) in [5.41, 5.74) is 0.530. The van der Waals surface area contributed by atoms with Crippen molar-refractivity contribution in [1.82, 2.24) is 0 Å². The molecule has 0 fully saturated rings. The van der Waals surface area contributed by atoms with Crippen LogP contribution in [0.1, 0.15) is 26.3 Å². The van der Waals surface area contributed by atoms with Gasteiger partial charge in [-0.25, -0.2) is 4.21 Å². The zero-order chi connectivity index (χ0) is 15.4. The highest BCUT2D eigenvalue weighted by molar-refractivity contribution is 7.85. The van der Waals surface area contributed by atoms with E-state index >= 15 is 0 Å². The number of rotatable bonds is 4. The van der Waals surface area contributed by atoms with Crippen LogP contribution in [0.15, 0.2) is 28.7 Å². The second kappa shape index (κ2) is 6.39. The quantitative estimate of drug-likeness (QED) is 0.798. The fourth-order valence-corrected chi connectivity index (χ4v) is 1.65. The van der Waals surface area contributed by atoms with Gasteiger partial charge in [-0.2, -0.15) is 17.6 Å². The van der Waals surface area contributed by atoms with Gasteiger partial charge < -0.3 is 4.74 Å². The Morgan fingerprint density at radius 3 is 2.50 bits per heavy atom. The van der Waals surface area contributed by atoms with Gasteiger partial charge in [0.1, 0.15) is 16.7 Å². The van der Waals surface area contributed by atoms with Gasteiger partial charge in [-0.05, 0) is 38.5 Å². The van der Waals surface area contributed by atoms with Crippen LogP contribution in [0.4, 0.5) is 13.2 Å². The van der Waals surface area contributed by atoms with E-state index in [9.17, 15) is 17.4 Å². The van der Waals surface area contributed by atoms with Crippen molar-refractivity contribution in [3.05, 3.63) is 29.8 Å². The van der Waals surface area contributed by atoms with Gasteiger partial charge in [0.05, 0.1) is 4.75 Å². The van der Waals surface area contributed by atoms with Crippen molar-refractivity contribution in [2.45, 2.75) is 31.7 Å². The molecule has 0 radical (unpaired) electrons. The first-order valence-electron chi connectivity index (χ1n) is 5.83. The van der Waals surface area contributed by atoms with E-state index in [-0.39, 0.29) is 5.75 Å². The molecule has 1 aromatic rings. The van der Waals surface area contributed by atoms with Gasteiger partial charge in [0.25, 0.3) is 0 Å². The lowest BCUT2D eigenvalue weighted by atomic mass is 10.2. The molecule has 1 aromatic carbocycles. The lowest BCUT2D eigenvalue weighted by Gasteiger charge is -2.12. The van der Waals surface area contributed by atoms with Gasteiger partial charge in [0.2, 0.25) is 0 Å². The highest BCUT2D eigenvalue weighted by Gasteiger charge is 2.28. The van der Waals surface area contributed by atoms with E-state index in [2.05, 4.69) is 9.13 Å². The summed E-state index contributed by atoms with van der Waals surface area (Å²) in [4.78, 5) is 0. The van der Waals surface area contributed by atoms with Crippen molar-refractivity contribution in [1.29, 1.82) is 0 Å². The molecule has 1 atom stereocenters. The summed E-state index contributed by atoms with van der Waals surface area (Å²) < 4.78 is 55.8. The van der Waals surface area contributed by atoms with E-state index in [1.165, 1.54) is 18.3 Å². The third-order valence-corrected chi connectivity index (χ3v) is 3.43. The van der Waals surface area contributed by atoms with Crippen molar-refractivity contribution in [2.24, 2.45) is 4.40 Å². The topological polar surface area (TPSA) is 38.7 Å². The standard InChI is InChI=1S/C13H16F3NO2S/c1-12(2,3)20(18)17-8-10-5-4-6-11(7-10)19-9-13(14,15)16/h4-8H,9H2,1-3H3/b17-8+/t20-/m0/s1. The number of benzene rings is 1. The van der Waals surface area contributed by atoms with E-state index in [1.54, 1.807) is 32.9 Å². The highest BCUT2D eigenvalue weighted by Crippen LogP contribution is 2.19.